The van der Waals surface area contributed by atoms with Crippen LogP contribution in [-0.2, 0) is 14.2 Å². The second kappa shape index (κ2) is 16.5. The molecular weight excluding hydrogens is 216 g/mol. The van der Waals surface area contributed by atoms with Gasteiger partial charge in [-0.15, -0.1) is 0 Å². The zero-order valence-electron chi connectivity index (χ0n) is 9.25. The van der Waals surface area contributed by atoms with Gasteiger partial charge in [-0.05, 0) is 0 Å². The van der Waals surface area contributed by atoms with Gasteiger partial charge in [0.05, 0.1) is 45.6 Å². The lowest BCUT2D eigenvalue weighted by atomic mass is 10.7. The summed E-state index contributed by atoms with van der Waals surface area (Å²) in [4.78, 5) is 0. The van der Waals surface area contributed by atoms with Crippen molar-refractivity contribution in [3.63, 3.8) is 0 Å². The number of rotatable bonds is 9. The number of aliphatic hydroxyl groups is 3. The summed E-state index contributed by atoms with van der Waals surface area (Å²) >= 11 is 0. The van der Waals surface area contributed by atoms with Gasteiger partial charge in [-0.3, -0.25) is 0 Å². The molecule has 0 aliphatic heterocycles. The monoisotopic (exact) mass is 236 g/mol. The molecule has 0 heterocycles. The van der Waals surface area contributed by atoms with E-state index in [2.05, 4.69) is 17.9 Å². The largest absolute Gasteiger partial charge is 0.474 e. The van der Waals surface area contributed by atoms with E-state index >= 15 is 0 Å². The first-order valence-corrected chi connectivity index (χ1v) is 4.68. The summed E-state index contributed by atoms with van der Waals surface area (Å²) in [6.07, 6.45) is 1.20. The summed E-state index contributed by atoms with van der Waals surface area (Å²) < 4.78 is 13.9. The molecule has 0 saturated heterocycles. The highest BCUT2D eigenvalue weighted by Gasteiger charge is 1.95. The Hall–Kier alpha value is -0.920. The summed E-state index contributed by atoms with van der Waals surface area (Å²) in [5.74, 6) is 0. The number of aliphatic hydroxyl groups excluding tert-OH is 2. The highest BCUT2D eigenvalue weighted by atomic mass is 16.6. The lowest BCUT2D eigenvalue weighted by Gasteiger charge is -2.05. The number of hydrogen-bond donors (Lipinski definition) is 3. The minimum atomic E-state index is -1.42. The topological polar surface area (TPSA) is 88.4 Å². The van der Waals surface area contributed by atoms with E-state index in [4.69, 9.17) is 24.8 Å². The van der Waals surface area contributed by atoms with Crippen LogP contribution in [0.2, 0.25) is 0 Å². The molecule has 0 aromatic heterocycles. The SMILES string of the molecule is C=COC=C.OCCOCCOCC(O)O. The lowest BCUT2D eigenvalue weighted by Crippen LogP contribution is -2.16. The van der Waals surface area contributed by atoms with E-state index in [1.54, 1.807) is 0 Å². The van der Waals surface area contributed by atoms with Crippen molar-refractivity contribution in [3.8, 4) is 0 Å². The molecule has 0 radical (unpaired) electrons. The molecule has 0 bridgehead atoms. The molecule has 0 unspecified atom stereocenters. The van der Waals surface area contributed by atoms with Gasteiger partial charge in [0, 0.05) is 0 Å². The molecule has 6 heteroatoms. The van der Waals surface area contributed by atoms with Crippen molar-refractivity contribution in [2.75, 3.05) is 33.0 Å². The van der Waals surface area contributed by atoms with Crippen molar-refractivity contribution in [2.24, 2.45) is 0 Å². The summed E-state index contributed by atoms with van der Waals surface area (Å²) in [6.45, 7) is 7.33. The van der Waals surface area contributed by atoms with Crippen molar-refractivity contribution in [1.82, 2.24) is 0 Å². The van der Waals surface area contributed by atoms with Gasteiger partial charge >= 0.3 is 0 Å². The van der Waals surface area contributed by atoms with E-state index in [1.165, 1.54) is 12.5 Å². The molecule has 0 rings (SSSR count). The smallest absolute Gasteiger partial charge is 0.175 e. The van der Waals surface area contributed by atoms with Crippen molar-refractivity contribution in [3.05, 3.63) is 25.7 Å². The van der Waals surface area contributed by atoms with Crippen molar-refractivity contribution >= 4 is 0 Å². The van der Waals surface area contributed by atoms with E-state index < -0.39 is 6.29 Å². The highest BCUT2D eigenvalue weighted by Crippen LogP contribution is 1.80. The van der Waals surface area contributed by atoms with Crippen LogP contribution in [0.25, 0.3) is 0 Å². The quantitative estimate of drug-likeness (QED) is 0.287. The van der Waals surface area contributed by atoms with Crippen LogP contribution in [-0.4, -0.2) is 54.6 Å². The van der Waals surface area contributed by atoms with Gasteiger partial charge in [0.1, 0.15) is 0 Å². The molecular formula is C10H20O6. The van der Waals surface area contributed by atoms with Crippen LogP contribution < -0.4 is 0 Å². The number of ether oxygens (including phenoxy) is 3. The third kappa shape index (κ3) is 23.2. The summed E-state index contributed by atoms with van der Waals surface area (Å²) in [5.41, 5.74) is 0. The molecule has 0 saturated carbocycles. The highest BCUT2D eigenvalue weighted by molar-refractivity contribution is 4.57. The van der Waals surface area contributed by atoms with Gasteiger partial charge in [0.15, 0.2) is 6.29 Å². The zero-order chi connectivity index (χ0) is 12.6. The lowest BCUT2D eigenvalue weighted by molar-refractivity contribution is -0.101. The predicted molar refractivity (Wildman–Crippen MR) is 58.4 cm³/mol. The normalized spacial score (nSPS) is 9.25. The average molecular weight is 236 g/mol. The molecule has 0 atom stereocenters. The van der Waals surface area contributed by atoms with Gasteiger partial charge in [-0.2, -0.15) is 0 Å². The van der Waals surface area contributed by atoms with Crippen LogP contribution in [0.15, 0.2) is 25.7 Å². The minimum absolute atomic E-state index is 0.0113. The van der Waals surface area contributed by atoms with E-state index in [9.17, 15) is 0 Å². The Morgan fingerprint density at radius 3 is 1.94 bits per heavy atom. The van der Waals surface area contributed by atoms with E-state index in [-0.39, 0.29) is 19.8 Å². The van der Waals surface area contributed by atoms with E-state index in [1.807, 2.05) is 0 Å². The maximum Gasteiger partial charge on any atom is 0.175 e. The fourth-order valence-corrected chi connectivity index (χ4v) is 0.541. The second-order valence-corrected chi connectivity index (χ2v) is 2.36. The Labute approximate surface area is 95.4 Å². The third-order valence-corrected chi connectivity index (χ3v) is 1.07. The van der Waals surface area contributed by atoms with Gasteiger partial charge in [-0.25, -0.2) is 0 Å². The molecule has 0 amide bonds. The molecule has 96 valence electrons. The van der Waals surface area contributed by atoms with Crippen molar-refractivity contribution < 1.29 is 29.5 Å². The van der Waals surface area contributed by atoms with Crippen molar-refractivity contribution in [1.29, 1.82) is 0 Å². The molecule has 0 fully saturated rings. The summed E-state index contributed by atoms with van der Waals surface area (Å²) in [7, 11) is 0. The predicted octanol–water partition coefficient (Wildman–Crippen LogP) is -0.387. The zero-order valence-corrected chi connectivity index (χ0v) is 9.25. The maximum absolute atomic E-state index is 8.30. The van der Waals surface area contributed by atoms with Gasteiger partial charge < -0.3 is 29.5 Å². The van der Waals surface area contributed by atoms with Gasteiger partial charge in [0.2, 0.25) is 0 Å². The van der Waals surface area contributed by atoms with Crippen LogP contribution in [0.4, 0.5) is 0 Å². The fourth-order valence-electron chi connectivity index (χ4n) is 0.541. The molecule has 6 nitrogen and oxygen atoms in total. The maximum atomic E-state index is 8.30. The van der Waals surface area contributed by atoms with Crippen LogP contribution in [0, 0.1) is 0 Å². The third-order valence-electron chi connectivity index (χ3n) is 1.07. The molecule has 0 aromatic carbocycles. The first-order valence-electron chi connectivity index (χ1n) is 4.68. The first kappa shape index (κ1) is 17.5. The van der Waals surface area contributed by atoms with Crippen LogP contribution >= 0.6 is 0 Å². The minimum Gasteiger partial charge on any atom is -0.474 e. The first-order chi connectivity index (χ1) is 7.68. The average Bonchev–Trinajstić information content (AvgIpc) is 2.25. The van der Waals surface area contributed by atoms with E-state index in [0.717, 1.165) is 0 Å². The molecule has 0 spiro atoms. The fraction of sp³-hybridized carbons (Fsp3) is 0.600. The van der Waals surface area contributed by atoms with Gasteiger partial charge in [0.25, 0.3) is 0 Å². The second-order valence-electron chi connectivity index (χ2n) is 2.36. The van der Waals surface area contributed by atoms with Crippen LogP contribution in [0.5, 0.6) is 0 Å². The van der Waals surface area contributed by atoms with Crippen LogP contribution in [0.1, 0.15) is 0 Å². The molecule has 0 aliphatic rings. The Morgan fingerprint density at radius 2 is 1.56 bits per heavy atom. The molecule has 0 aliphatic carbocycles. The molecule has 3 N–H and O–H groups in total. The standard InChI is InChI=1S/C6H14O5.C4H6O/c7-1-2-10-3-4-11-5-6(8)9;1-3-5-4-2/h6-9H,1-5H2;3-4H,1-2H2. The Bertz CT molecular complexity index is 142. The number of hydrogen-bond acceptors (Lipinski definition) is 6. The molecule has 16 heavy (non-hydrogen) atoms. The Morgan fingerprint density at radius 1 is 1.00 bits per heavy atom. The summed E-state index contributed by atoms with van der Waals surface area (Å²) in [5, 5.41) is 24.9. The summed E-state index contributed by atoms with van der Waals surface area (Å²) in [6, 6.07) is 0. The van der Waals surface area contributed by atoms with E-state index in [0.29, 0.717) is 13.2 Å². The molecule has 0 aromatic rings. The Balaban J connectivity index is 0. The van der Waals surface area contributed by atoms with Gasteiger partial charge in [-0.1, -0.05) is 13.2 Å². The van der Waals surface area contributed by atoms with Crippen LogP contribution in [0.3, 0.4) is 0 Å². The Kier molecular flexibility index (Phi) is 18.0. The van der Waals surface area contributed by atoms with Crippen molar-refractivity contribution in [2.45, 2.75) is 6.29 Å².